The standard InChI is InChI=1S/C25H36N2O/c1-3-25(4-2)12-9-20(10-13-25)22-7-5-6-8-23(22)24(21-11-18-28-19-21)27-16-14-26-15-17-27/h5-8,11,18-20,24,26H,3-4,9-10,12-17H2,1-2H3. The van der Waals surface area contributed by atoms with Crippen LogP contribution in [0, 0.1) is 5.41 Å². The Morgan fingerprint density at radius 1 is 1.07 bits per heavy atom. The van der Waals surface area contributed by atoms with E-state index in [1.165, 1.54) is 49.7 Å². The Balaban J connectivity index is 1.64. The highest BCUT2D eigenvalue weighted by Gasteiger charge is 2.35. The Morgan fingerprint density at radius 3 is 2.43 bits per heavy atom. The fraction of sp³-hybridized carbons (Fsp3) is 0.600. The van der Waals surface area contributed by atoms with Crippen molar-refractivity contribution in [1.29, 1.82) is 0 Å². The van der Waals surface area contributed by atoms with Crippen LogP contribution in [-0.4, -0.2) is 31.1 Å². The Labute approximate surface area is 170 Å². The molecule has 1 atom stereocenters. The first-order valence-corrected chi connectivity index (χ1v) is 11.3. The third kappa shape index (κ3) is 3.92. The van der Waals surface area contributed by atoms with Crippen LogP contribution in [0.3, 0.4) is 0 Å². The predicted octanol–water partition coefficient (Wildman–Crippen LogP) is 5.74. The average molecular weight is 381 g/mol. The Bertz CT molecular complexity index is 719. The third-order valence-corrected chi connectivity index (χ3v) is 7.65. The van der Waals surface area contributed by atoms with Gasteiger partial charge in [0.2, 0.25) is 0 Å². The molecule has 3 nitrogen and oxygen atoms in total. The highest BCUT2D eigenvalue weighted by atomic mass is 16.3. The maximum Gasteiger partial charge on any atom is 0.0953 e. The molecule has 2 aromatic rings. The molecule has 1 aromatic heterocycles. The molecule has 3 heteroatoms. The molecule has 152 valence electrons. The van der Waals surface area contributed by atoms with Crippen LogP contribution in [0.5, 0.6) is 0 Å². The zero-order valence-electron chi connectivity index (χ0n) is 17.6. The average Bonchev–Trinajstić information content (AvgIpc) is 3.30. The summed E-state index contributed by atoms with van der Waals surface area (Å²) < 4.78 is 5.51. The topological polar surface area (TPSA) is 28.4 Å². The normalized spacial score (nSPS) is 22.2. The van der Waals surface area contributed by atoms with Crippen molar-refractivity contribution in [2.45, 2.75) is 64.3 Å². The molecule has 1 aliphatic carbocycles. The smallest absolute Gasteiger partial charge is 0.0953 e. The second kappa shape index (κ2) is 8.84. The summed E-state index contributed by atoms with van der Waals surface area (Å²) in [4.78, 5) is 2.63. The van der Waals surface area contributed by atoms with Gasteiger partial charge in [0.15, 0.2) is 0 Å². The van der Waals surface area contributed by atoms with Gasteiger partial charge in [-0.1, -0.05) is 51.0 Å². The number of piperazine rings is 1. The van der Waals surface area contributed by atoms with Gasteiger partial charge in [0.05, 0.1) is 18.6 Å². The van der Waals surface area contributed by atoms with E-state index in [0.717, 1.165) is 26.2 Å². The largest absolute Gasteiger partial charge is 0.472 e. The van der Waals surface area contributed by atoms with Crippen molar-refractivity contribution in [2.24, 2.45) is 5.41 Å². The zero-order valence-corrected chi connectivity index (χ0v) is 17.6. The number of nitrogens with zero attached hydrogens (tertiary/aromatic N) is 1. The summed E-state index contributed by atoms with van der Waals surface area (Å²) in [5.74, 6) is 0.694. The lowest BCUT2D eigenvalue weighted by Crippen LogP contribution is -2.45. The molecule has 2 heterocycles. The third-order valence-electron chi connectivity index (χ3n) is 7.65. The summed E-state index contributed by atoms with van der Waals surface area (Å²) in [5.41, 5.74) is 4.96. The number of hydrogen-bond donors (Lipinski definition) is 1. The van der Waals surface area contributed by atoms with Crippen LogP contribution in [-0.2, 0) is 0 Å². The molecule has 2 aliphatic rings. The van der Waals surface area contributed by atoms with Gasteiger partial charge < -0.3 is 9.73 Å². The summed E-state index contributed by atoms with van der Waals surface area (Å²) in [6, 6.07) is 11.7. The van der Waals surface area contributed by atoms with Crippen molar-refractivity contribution in [2.75, 3.05) is 26.2 Å². The molecule has 1 unspecified atom stereocenters. The second-order valence-corrected chi connectivity index (χ2v) is 8.86. The number of rotatable bonds is 6. The molecule has 28 heavy (non-hydrogen) atoms. The molecule has 2 fully saturated rings. The van der Waals surface area contributed by atoms with Crippen LogP contribution < -0.4 is 5.32 Å². The molecule has 0 bridgehead atoms. The summed E-state index contributed by atoms with van der Waals surface area (Å²) in [7, 11) is 0. The molecule has 0 amide bonds. The van der Waals surface area contributed by atoms with Crippen molar-refractivity contribution >= 4 is 0 Å². The lowest BCUT2D eigenvalue weighted by atomic mass is 9.65. The van der Waals surface area contributed by atoms with Gasteiger partial charge in [0.1, 0.15) is 0 Å². The highest BCUT2D eigenvalue weighted by Crippen LogP contribution is 2.48. The van der Waals surface area contributed by atoms with Gasteiger partial charge in [-0.2, -0.15) is 0 Å². The van der Waals surface area contributed by atoms with Crippen molar-refractivity contribution in [1.82, 2.24) is 10.2 Å². The lowest BCUT2D eigenvalue weighted by Gasteiger charge is -2.41. The van der Waals surface area contributed by atoms with E-state index in [2.05, 4.69) is 54.4 Å². The first-order valence-electron chi connectivity index (χ1n) is 11.3. The van der Waals surface area contributed by atoms with E-state index in [0.29, 0.717) is 17.4 Å². The molecule has 1 saturated carbocycles. The van der Waals surface area contributed by atoms with Crippen molar-refractivity contribution in [3.63, 3.8) is 0 Å². The number of furan rings is 1. The molecule has 1 N–H and O–H groups in total. The monoisotopic (exact) mass is 380 g/mol. The minimum Gasteiger partial charge on any atom is -0.472 e. The fourth-order valence-electron chi connectivity index (χ4n) is 5.59. The van der Waals surface area contributed by atoms with Crippen LogP contribution in [0.2, 0.25) is 0 Å². The Kier molecular flexibility index (Phi) is 6.22. The van der Waals surface area contributed by atoms with Crippen molar-refractivity contribution < 1.29 is 4.42 Å². The van der Waals surface area contributed by atoms with E-state index >= 15 is 0 Å². The minimum atomic E-state index is 0.307. The van der Waals surface area contributed by atoms with Gasteiger partial charge in [-0.15, -0.1) is 0 Å². The summed E-state index contributed by atoms with van der Waals surface area (Å²) in [6.45, 7) is 9.08. The summed E-state index contributed by atoms with van der Waals surface area (Å²) >= 11 is 0. The second-order valence-electron chi connectivity index (χ2n) is 8.86. The predicted molar refractivity (Wildman–Crippen MR) is 116 cm³/mol. The van der Waals surface area contributed by atoms with E-state index in [1.807, 2.05) is 12.5 Å². The van der Waals surface area contributed by atoms with Gasteiger partial charge in [-0.05, 0) is 54.2 Å². The van der Waals surface area contributed by atoms with E-state index in [-0.39, 0.29) is 0 Å². The first kappa shape index (κ1) is 19.7. The molecule has 0 radical (unpaired) electrons. The molecule has 1 aliphatic heterocycles. The van der Waals surface area contributed by atoms with E-state index in [1.54, 1.807) is 5.56 Å². The number of nitrogens with one attached hydrogen (secondary N) is 1. The molecule has 1 aromatic carbocycles. The van der Waals surface area contributed by atoms with Crippen LogP contribution in [0.4, 0.5) is 0 Å². The maximum atomic E-state index is 5.51. The van der Waals surface area contributed by atoms with Crippen LogP contribution in [0.25, 0.3) is 0 Å². The van der Waals surface area contributed by atoms with Gasteiger partial charge in [-0.3, -0.25) is 4.90 Å². The fourth-order valence-corrected chi connectivity index (χ4v) is 5.59. The molecular weight excluding hydrogens is 344 g/mol. The van der Waals surface area contributed by atoms with Gasteiger partial charge in [0, 0.05) is 31.7 Å². The highest BCUT2D eigenvalue weighted by molar-refractivity contribution is 5.39. The zero-order chi connectivity index (χ0) is 19.4. The number of benzene rings is 1. The SMILES string of the molecule is CCC1(CC)CCC(c2ccccc2C(c2ccoc2)N2CCNCC2)CC1. The van der Waals surface area contributed by atoms with Crippen LogP contribution in [0.1, 0.15) is 81.0 Å². The van der Waals surface area contributed by atoms with E-state index in [4.69, 9.17) is 4.42 Å². The van der Waals surface area contributed by atoms with E-state index in [9.17, 15) is 0 Å². The molecule has 0 spiro atoms. The molecular formula is C25H36N2O. The van der Waals surface area contributed by atoms with E-state index < -0.39 is 0 Å². The minimum absolute atomic E-state index is 0.307. The lowest BCUT2D eigenvalue weighted by molar-refractivity contribution is 0.157. The van der Waals surface area contributed by atoms with Crippen LogP contribution in [0.15, 0.2) is 47.3 Å². The Hall–Kier alpha value is -1.58. The number of hydrogen-bond acceptors (Lipinski definition) is 3. The Morgan fingerprint density at radius 2 is 1.79 bits per heavy atom. The van der Waals surface area contributed by atoms with Crippen molar-refractivity contribution in [3.8, 4) is 0 Å². The molecule has 1 saturated heterocycles. The van der Waals surface area contributed by atoms with Gasteiger partial charge in [-0.25, -0.2) is 0 Å². The molecule has 4 rings (SSSR count). The summed E-state index contributed by atoms with van der Waals surface area (Å²) in [6.07, 6.45) is 11.9. The van der Waals surface area contributed by atoms with Gasteiger partial charge >= 0.3 is 0 Å². The first-order chi connectivity index (χ1) is 13.8. The van der Waals surface area contributed by atoms with Gasteiger partial charge in [0.25, 0.3) is 0 Å². The quantitative estimate of drug-likeness (QED) is 0.693. The van der Waals surface area contributed by atoms with Crippen molar-refractivity contribution in [3.05, 3.63) is 59.5 Å². The maximum absolute atomic E-state index is 5.51. The van der Waals surface area contributed by atoms with Crippen LogP contribution >= 0.6 is 0 Å². The summed E-state index contributed by atoms with van der Waals surface area (Å²) in [5, 5.41) is 3.50.